The smallest absolute Gasteiger partial charge is 0.280 e. The predicted molar refractivity (Wildman–Crippen MR) is 102 cm³/mol. The van der Waals surface area contributed by atoms with E-state index in [4.69, 9.17) is 0 Å². The molecule has 0 atom stereocenters. The molecule has 6 nitrogen and oxygen atoms in total. The number of H-pyrrole nitrogens is 1. The van der Waals surface area contributed by atoms with E-state index >= 15 is 0 Å². The molecule has 0 unspecified atom stereocenters. The van der Waals surface area contributed by atoms with Crippen LogP contribution in [-0.2, 0) is 0 Å². The van der Waals surface area contributed by atoms with Crippen molar-refractivity contribution in [2.45, 2.75) is 6.92 Å². The number of nitrogens with zero attached hydrogens (tertiary/aromatic N) is 1. The number of halogens is 1. The van der Waals surface area contributed by atoms with Crippen molar-refractivity contribution in [3.8, 4) is 5.69 Å². The Kier molecular flexibility index (Phi) is 4.81. The molecule has 0 amide bonds. The number of carbonyl (C=O) groups is 1. The van der Waals surface area contributed by atoms with Crippen LogP contribution in [0.1, 0.15) is 15.9 Å². The minimum Gasteiger partial charge on any atom is -0.545 e. The highest BCUT2D eigenvalue weighted by atomic mass is 79.9. The average molecular weight is 413 g/mol. The van der Waals surface area contributed by atoms with E-state index in [2.05, 4.69) is 32.9 Å². The summed E-state index contributed by atoms with van der Waals surface area (Å²) in [6.45, 7) is 5.80. The third-order valence-corrected chi connectivity index (χ3v) is 4.78. The minimum atomic E-state index is -1.26. The number of hydrogen-bond acceptors (Lipinski definition) is 4. The Morgan fingerprint density at radius 2 is 2.08 bits per heavy atom. The van der Waals surface area contributed by atoms with Gasteiger partial charge in [0.25, 0.3) is 5.56 Å². The number of aromatic amines is 1. The Hall–Kier alpha value is -3.06. The third kappa shape index (κ3) is 3.48. The van der Waals surface area contributed by atoms with E-state index in [9.17, 15) is 14.7 Å². The lowest BCUT2D eigenvalue weighted by molar-refractivity contribution is -0.255. The standard InChI is InChI=1S/C19H16BrN3O3/c1-11-8-15(6-7-17(11)20)23-18(24)16(12(2)22-23)10-21-14-5-3-4-13(9-14)19(25)26/h3-10,21-22H,2H2,1H3,(H,25,26)/p-1. The van der Waals surface area contributed by atoms with Crippen molar-refractivity contribution >= 4 is 40.4 Å². The highest BCUT2D eigenvalue weighted by molar-refractivity contribution is 9.10. The first-order valence-electron chi connectivity index (χ1n) is 7.71. The number of carboxylic acids is 1. The van der Waals surface area contributed by atoms with Crippen LogP contribution in [0, 0.1) is 6.92 Å². The van der Waals surface area contributed by atoms with Crippen LogP contribution in [0.4, 0.5) is 5.69 Å². The summed E-state index contributed by atoms with van der Waals surface area (Å²) in [5.74, 6) is -1.26. The SMILES string of the molecule is C=c1[nH]n(-c2ccc(Br)c(C)c2)c(=O)c1=CNc1cccc(C(=O)[O-])c1. The largest absolute Gasteiger partial charge is 0.545 e. The lowest BCUT2D eigenvalue weighted by atomic mass is 10.2. The second kappa shape index (κ2) is 7.05. The topological polar surface area (TPSA) is 90.0 Å². The predicted octanol–water partition coefficient (Wildman–Crippen LogP) is 0.860. The van der Waals surface area contributed by atoms with Gasteiger partial charge in [0.2, 0.25) is 0 Å². The summed E-state index contributed by atoms with van der Waals surface area (Å²) in [7, 11) is 0. The molecular formula is C19H15BrN3O3-. The van der Waals surface area contributed by atoms with Crippen LogP contribution < -0.4 is 26.6 Å². The van der Waals surface area contributed by atoms with Crippen molar-refractivity contribution in [1.29, 1.82) is 0 Å². The lowest BCUT2D eigenvalue weighted by Crippen LogP contribution is -2.34. The van der Waals surface area contributed by atoms with Gasteiger partial charge >= 0.3 is 0 Å². The molecule has 132 valence electrons. The molecule has 3 aromatic rings. The lowest BCUT2D eigenvalue weighted by Gasteiger charge is -2.05. The first kappa shape index (κ1) is 17.8. The van der Waals surface area contributed by atoms with Crippen LogP contribution in [0.2, 0.25) is 0 Å². The number of carbonyl (C=O) groups excluding carboxylic acids is 1. The Balaban J connectivity index is 2.00. The molecule has 0 aliphatic rings. The highest BCUT2D eigenvalue weighted by Crippen LogP contribution is 2.18. The van der Waals surface area contributed by atoms with Crippen LogP contribution in [0.15, 0.2) is 51.7 Å². The van der Waals surface area contributed by atoms with Gasteiger partial charge in [0.05, 0.1) is 22.2 Å². The molecule has 0 bridgehead atoms. The van der Waals surface area contributed by atoms with Gasteiger partial charge in [-0.05, 0) is 48.4 Å². The Morgan fingerprint density at radius 1 is 1.31 bits per heavy atom. The number of rotatable bonds is 4. The van der Waals surface area contributed by atoms with Gasteiger partial charge in [-0.3, -0.25) is 9.89 Å². The number of nitrogens with one attached hydrogen (secondary N) is 2. The number of aromatic nitrogens is 2. The minimum absolute atomic E-state index is 0.0510. The van der Waals surface area contributed by atoms with Crippen LogP contribution >= 0.6 is 15.9 Å². The van der Waals surface area contributed by atoms with Gasteiger partial charge in [0.1, 0.15) is 0 Å². The summed E-state index contributed by atoms with van der Waals surface area (Å²) in [5, 5.41) is 17.6. The van der Waals surface area contributed by atoms with Gasteiger partial charge < -0.3 is 15.2 Å². The summed E-state index contributed by atoms with van der Waals surface area (Å²) in [5.41, 5.74) is 2.00. The van der Waals surface area contributed by atoms with Gasteiger partial charge in [-0.25, -0.2) is 4.68 Å². The molecule has 0 spiro atoms. The Bertz CT molecular complexity index is 1160. The number of aromatic carboxylic acids is 1. The maximum Gasteiger partial charge on any atom is 0.280 e. The molecular weight excluding hydrogens is 398 g/mol. The summed E-state index contributed by atoms with van der Waals surface area (Å²) in [6, 6.07) is 11.7. The van der Waals surface area contributed by atoms with E-state index < -0.39 is 5.97 Å². The van der Waals surface area contributed by atoms with E-state index in [1.165, 1.54) is 23.0 Å². The molecule has 1 heterocycles. The number of hydrogen-bond donors (Lipinski definition) is 2. The molecule has 0 saturated heterocycles. The molecule has 26 heavy (non-hydrogen) atoms. The fraction of sp³-hybridized carbons (Fsp3) is 0.0526. The van der Waals surface area contributed by atoms with Crippen molar-refractivity contribution in [3.63, 3.8) is 0 Å². The molecule has 2 N–H and O–H groups in total. The maximum atomic E-state index is 12.7. The molecule has 0 radical (unpaired) electrons. The zero-order valence-corrected chi connectivity index (χ0v) is 15.5. The van der Waals surface area contributed by atoms with Crippen molar-refractivity contribution in [1.82, 2.24) is 9.78 Å². The number of benzene rings is 2. The van der Waals surface area contributed by atoms with Gasteiger partial charge in [-0.2, -0.15) is 0 Å². The normalized spacial score (nSPS) is 11.5. The van der Waals surface area contributed by atoms with Crippen LogP contribution in [0.25, 0.3) is 18.5 Å². The number of anilines is 1. The summed E-state index contributed by atoms with van der Waals surface area (Å²) in [4.78, 5) is 23.6. The Labute approximate surface area is 157 Å². The molecule has 0 saturated carbocycles. The average Bonchev–Trinajstić information content (AvgIpc) is 2.90. The number of carboxylic acid groups (broad SMARTS) is 1. The molecule has 0 aliphatic carbocycles. The van der Waals surface area contributed by atoms with E-state index in [0.29, 0.717) is 21.9 Å². The zero-order valence-electron chi connectivity index (χ0n) is 13.9. The highest BCUT2D eigenvalue weighted by Gasteiger charge is 2.06. The fourth-order valence-electron chi connectivity index (χ4n) is 2.49. The molecule has 3 rings (SSSR count). The monoisotopic (exact) mass is 412 g/mol. The van der Waals surface area contributed by atoms with E-state index in [1.807, 2.05) is 25.1 Å². The van der Waals surface area contributed by atoms with Gasteiger partial charge in [-0.15, -0.1) is 0 Å². The van der Waals surface area contributed by atoms with E-state index in [0.717, 1.165) is 10.0 Å². The zero-order chi connectivity index (χ0) is 18.8. The van der Waals surface area contributed by atoms with E-state index in [1.54, 1.807) is 12.1 Å². The summed E-state index contributed by atoms with van der Waals surface area (Å²) < 4.78 is 2.37. The fourth-order valence-corrected chi connectivity index (χ4v) is 2.73. The van der Waals surface area contributed by atoms with E-state index in [-0.39, 0.29) is 11.1 Å². The molecule has 0 aliphatic heterocycles. The first-order valence-corrected chi connectivity index (χ1v) is 8.51. The van der Waals surface area contributed by atoms with Crippen molar-refractivity contribution in [2.24, 2.45) is 0 Å². The van der Waals surface area contributed by atoms with Crippen LogP contribution in [0.3, 0.4) is 0 Å². The van der Waals surface area contributed by atoms with Crippen molar-refractivity contribution in [3.05, 3.63) is 79.0 Å². The van der Waals surface area contributed by atoms with Crippen LogP contribution in [0.5, 0.6) is 0 Å². The van der Waals surface area contributed by atoms with Gasteiger partial charge in [0, 0.05) is 16.4 Å². The number of aryl methyl sites for hydroxylation is 1. The summed E-state index contributed by atoms with van der Waals surface area (Å²) >= 11 is 3.43. The quantitative estimate of drug-likeness (QED) is 0.664. The Morgan fingerprint density at radius 3 is 2.77 bits per heavy atom. The van der Waals surface area contributed by atoms with Crippen molar-refractivity contribution < 1.29 is 9.90 Å². The second-order valence-corrected chi connectivity index (χ2v) is 6.59. The molecule has 0 fully saturated rings. The molecule has 2 aromatic carbocycles. The van der Waals surface area contributed by atoms with Gasteiger partial charge in [-0.1, -0.05) is 34.6 Å². The first-order chi connectivity index (χ1) is 12.4. The van der Waals surface area contributed by atoms with Crippen LogP contribution in [-0.4, -0.2) is 15.7 Å². The van der Waals surface area contributed by atoms with Gasteiger partial charge in [0.15, 0.2) is 0 Å². The second-order valence-electron chi connectivity index (χ2n) is 5.74. The molecule has 1 aromatic heterocycles. The molecule has 7 heteroatoms. The third-order valence-electron chi connectivity index (χ3n) is 3.89. The van der Waals surface area contributed by atoms with Crippen molar-refractivity contribution in [2.75, 3.05) is 5.32 Å². The maximum absolute atomic E-state index is 12.7. The summed E-state index contributed by atoms with van der Waals surface area (Å²) in [6.07, 6.45) is 1.50.